The van der Waals surface area contributed by atoms with E-state index in [2.05, 4.69) is 12.1 Å². The van der Waals surface area contributed by atoms with Crippen LogP contribution in [0, 0.1) is 26.7 Å². The maximum atomic E-state index is 12.9. The summed E-state index contributed by atoms with van der Waals surface area (Å²) in [5, 5.41) is 0. The monoisotopic (exact) mass is 326 g/mol. The fourth-order valence-electron chi connectivity index (χ4n) is 4.15. The van der Waals surface area contributed by atoms with Crippen molar-refractivity contribution >= 4 is 11.6 Å². The van der Waals surface area contributed by atoms with Gasteiger partial charge in [0.25, 0.3) is 0 Å². The lowest BCUT2D eigenvalue weighted by atomic mass is 9.85. The number of hydrogen-bond acceptors (Lipinski definition) is 3. The highest BCUT2D eigenvalue weighted by Gasteiger charge is 2.37. The normalized spacial score (nSPS) is 22.1. The van der Waals surface area contributed by atoms with Crippen molar-refractivity contribution in [3.05, 3.63) is 46.0 Å². The van der Waals surface area contributed by atoms with Gasteiger partial charge < -0.3 is 4.74 Å². The second-order valence-corrected chi connectivity index (χ2v) is 7.28. The number of carbonyl (C=O) groups excluding carboxylic acids is 2. The highest BCUT2D eigenvalue weighted by molar-refractivity contribution is 6.25. The van der Waals surface area contributed by atoms with Crippen LogP contribution in [0.5, 0.6) is 0 Å². The molecule has 1 saturated heterocycles. The number of carbonyl (C=O) groups is 2. The van der Waals surface area contributed by atoms with Crippen LogP contribution in [0.1, 0.15) is 53.9 Å². The van der Waals surface area contributed by atoms with E-state index in [4.69, 9.17) is 4.74 Å². The Hall–Kier alpha value is -1.74. The highest BCUT2D eigenvalue weighted by atomic mass is 16.5. The molecule has 1 heterocycles. The van der Waals surface area contributed by atoms with Gasteiger partial charge in [-0.1, -0.05) is 17.7 Å². The molecular weight excluding hydrogens is 300 g/mol. The van der Waals surface area contributed by atoms with Crippen molar-refractivity contribution in [1.82, 2.24) is 0 Å². The zero-order valence-corrected chi connectivity index (χ0v) is 14.9. The maximum Gasteiger partial charge on any atom is 0.174 e. The number of aryl methyl sites for hydroxylation is 3. The lowest BCUT2D eigenvalue weighted by Gasteiger charge is -2.22. The molecule has 1 aromatic carbocycles. The maximum absolute atomic E-state index is 12.9. The Morgan fingerprint density at radius 2 is 1.67 bits per heavy atom. The molecule has 3 nitrogen and oxygen atoms in total. The Morgan fingerprint density at radius 3 is 2.29 bits per heavy atom. The predicted molar refractivity (Wildman–Crippen MR) is 94.3 cm³/mol. The molecule has 0 N–H and O–H groups in total. The molecule has 1 atom stereocenters. The average Bonchev–Trinajstić information content (AvgIpc) is 2.81. The summed E-state index contributed by atoms with van der Waals surface area (Å²) in [5.41, 5.74) is 4.87. The van der Waals surface area contributed by atoms with Gasteiger partial charge in [0, 0.05) is 13.2 Å². The van der Waals surface area contributed by atoms with Crippen molar-refractivity contribution in [2.45, 2.75) is 52.4 Å². The number of allylic oxidation sites excluding steroid dienone is 2. The van der Waals surface area contributed by atoms with E-state index in [0.29, 0.717) is 5.92 Å². The number of benzene rings is 1. The quantitative estimate of drug-likeness (QED) is 0.786. The Labute approximate surface area is 144 Å². The van der Waals surface area contributed by atoms with Crippen LogP contribution in [0.4, 0.5) is 0 Å². The second kappa shape index (κ2) is 7.02. The summed E-state index contributed by atoms with van der Waals surface area (Å²) in [5.74, 6) is -0.0288. The first-order valence-electron chi connectivity index (χ1n) is 8.91. The molecule has 1 fully saturated rings. The summed E-state index contributed by atoms with van der Waals surface area (Å²) in [6.07, 6.45) is 5.43. The third-order valence-electron chi connectivity index (χ3n) is 5.37. The van der Waals surface area contributed by atoms with E-state index in [1.54, 1.807) is 6.08 Å². The van der Waals surface area contributed by atoms with Gasteiger partial charge in [-0.2, -0.15) is 0 Å². The topological polar surface area (TPSA) is 43.4 Å². The van der Waals surface area contributed by atoms with Crippen molar-refractivity contribution in [1.29, 1.82) is 0 Å². The average molecular weight is 326 g/mol. The minimum absolute atomic E-state index is 0.0158. The molecule has 1 unspecified atom stereocenters. The van der Waals surface area contributed by atoms with Gasteiger partial charge in [0.05, 0.1) is 0 Å². The molecule has 3 heteroatoms. The summed E-state index contributed by atoms with van der Waals surface area (Å²) in [7, 11) is 0. The largest absolute Gasteiger partial charge is 0.381 e. The molecule has 1 aromatic rings. The van der Waals surface area contributed by atoms with Crippen molar-refractivity contribution in [2.24, 2.45) is 5.92 Å². The molecule has 0 spiro atoms. The number of hydrogen-bond donors (Lipinski definition) is 0. The number of ether oxygens (including phenoxy) is 1. The zero-order valence-electron chi connectivity index (χ0n) is 14.9. The first-order valence-corrected chi connectivity index (χ1v) is 8.91. The van der Waals surface area contributed by atoms with Crippen LogP contribution in [0.2, 0.25) is 0 Å². The van der Waals surface area contributed by atoms with Crippen molar-refractivity contribution in [3.63, 3.8) is 0 Å². The fraction of sp³-hybridized carbons (Fsp3) is 0.524. The molecule has 0 aromatic heterocycles. The van der Waals surface area contributed by atoms with E-state index >= 15 is 0 Å². The van der Waals surface area contributed by atoms with Crippen LogP contribution < -0.4 is 0 Å². The van der Waals surface area contributed by atoms with E-state index in [0.717, 1.165) is 61.2 Å². The van der Waals surface area contributed by atoms with Gasteiger partial charge in [-0.3, -0.25) is 9.59 Å². The van der Waals surface area contributed by atoms with Crippen LogP contribution in [0.3, 0.4) is 0 Å². The molecule has 0 saturated carbocycles. The zero-order chi connectivity index (χ0) is 17.3. The molecule has 1 aliphatic carbocycles. The van der Waals surface area contributed by atoms with Gasteiger partial charge in [0.2, 0.25) is 0 Å². The van der Waals surface area contributed by atoms with Crippen molar-refractivity contribution in [3.8, 4) is 0 Å². The molecule has 128 valence electrons. The highest BCUT2D eigenvalue weighted by Crippen LogP contribution is 2.35. The molecular formula is C21H26O3. The Balaban J connectivity index is 1.74. The molecule has 2 aliphatic rings. The van der Waals surface area contributed by atoms with Crippen LogP contribution in [-0.4, -0.2) is 24.8 Å². The van der Waals surface area contributed by atoms with Gasteiger partial charge in [-0.05, 0) is 80.7 Å². The minimum atomic E-state index is -0.615. The number of ketones is 2. The van der Waals surface area contributed by atoms with E-state index < -0.39 is 5.92 Å². The van der Waals surface area contributed by atoms with E-state index in [1.165, 1.54) is 5.56 Å². The molecule has 0 radical (unpaired) electrons. The van der Waals surface area contributed by atoms with Gasteiger partial charge >= 0.3 is 0 Å². The third kappa shape index (κ3) is 3.36. The lowest BCUT2D eigenvalue weighted by Crippen LogP contribution is -2.19. The summed E-state index contributed by atoms with van der Waals surface area (Å²) >= 11 is 0. The third-order valence-corrected chi connectivity index (χ3v) is 5.37. The molecule has 0 amide bonds. The second-order valence-electron chi connectivity index (χ2n) is 7.28. The summed E-state index contributed by atoms with van der Waals surface area (Å²) in [6.45, 7) is 7.67. The van der Waals surface area contributed by atoms with Gasteiger partial charge in [0.15, 0.2) is 11.6 Å². The SMILES string of the molecule is Cc1cc(C)c(C2C(=O)C=C(CCC3CCOCC3)C2=O)c(C)c1. The lowest BCUT2D eigenvalue weighted by molar-refractivity contribution is -0.122. The molecule has 24 heavy (non-hydrogen) atoms. The van der Waals surface area contributed by atoms with Crippen LogP contribution in [0.15, 0.2) is 23.8 Å². The Morgan fingerprint density at radius 1 is 1.04 bits per heavy atom. The van der Waals surface area contributed by atoms with Crippen LogP contribution in [-0.2, 0) is 14.3 Å². The fourth-order valence-corrected chi connectivity index (χ4v) is 4.15. The molecule has 1 aliphatic heterocycles. The summed E-state index contributed by atoms with van der Waals surface area (Å²) in [4.78, 5) is 25.4. The summed E-state index contributed by atoms with van der Waals surface area (Å²) < 4.78 is 5.38. The number of rotatable bonds is 4. The van der Waals surface area contributed by atoms with Crippen LogP contribution >= 0.6 is 0 Å². The van der Waals surface area contributed by atoms with E-state index in [1.807, 2.05) is 20.8 Å². The summed E-state index contributed by atoms with van der Waals surface area (Å²) in [6, 6.07) is 4.12. The number of Topliss-reactive ketones (excluding diaryl/α,β-unsaturated/α-hetero) is 1. The first-order chi connectivity index (χ1) is 11.5. The van der Waals surface area contributed by atoms with Gasteiger partial charge in [0.1, 0.15) is 5.92 Å². The predicted octanol–water partition coefficient (Wildman–Crippen LogP) is 3.98. The van der Waals surface area contributed by atoms with Gasteiger partial charge in [-0.25, -0.2) is 0 Å². The van der Waals surface area contributed by atoms with E-state index in [-0.39, 0.29) is 11.6 Å². The van der Waals surface area contributed by atoms with Crippen molar-refractivity contribution in [2.75, 3.05) is 13.2 Å². The Kier molecular flexibility index (Phi) is 5.00. The van der Waals surface area contributed by atoms with Crippen molar-refractivity contribution < 1.29 is 14.3 Å². The standard InChI is InChI=1S/C21H26O3/c1-13-10-14(2)19(15(3)11-13)20-18(22)12-17(21(20)23)5-4-16-6-8-24-9-7-16/h10-12,16,20H,4-9H2,1-3H3. The molecule has 3 rings (SSSR count). The smallest absolute Gasteiger partial charge is 0.174 e. The molecule has 0 bridgehead atoms. The minimum Gasteiger partial charge on any atom is -0.381 e. The first kappa shape index (κ1) is 17.1. The van der Waals surface area contributed by atoms with E-state index in [9.17, 15) is 9.59 Å². The van der Waals surface area contributed by atoms with Crippen LogP contribution in [0.25, 0.3) is 0 Å². The Bertz CT molecular complexity index is 670. The van der Waals surface area contributed by atoms with Gasteiger partial charge in [-0.15, -0.1) is 0 Å².